The monoisotopic (exact) mass is 499 g/mol. The molecule has 3 aromatic carbocycles. The maximum absolute atomic E-state index is 11.0. The van der Waals surface area contributed by atoms with Gasteiger partial charge in [-0.25, -0.2) is 0 Å². The Kier molecular flexibility index (Phi) is 8.89. The third kappa shape index (κ3) is 5.16. The van der Waals surface area contributed by atoms with Crippen LogP contribution in [0.2, 0.25) is 0 Å². The summed E-state index contributed by atoms with van der Waals surface area (Å²) in [5.74, 6) is 0.938. The van der Waals surface area contributed by atoms with Gasteiger partial charge in [-0.05, 0) is 92.5 Å². The first-order valence-electron chi connectivity index (χ1n) is 11.8. The predicted molar refractivity (Wildman–Crippen MR) is 139 cm³/mol. The van der Waals surface area contributed by atoms with E-state index in [9.17, 15) is 5.11 Å². The molecule has 2 atom stereocenters. The van der Waals surface area contributed by atoms with Crippen molar-refractivity contribution in [3.05, 3.63) is 159 Å². The van der Waals surface area contributed by atoms with E-state index in [0.29, 0.717) is 0 Å². The van der Waals surface area contributed by atoms with E-state index in [4.69, 9.17) is 0 Å². The van der Waals surface area contributed by atoms with Crippen LogP contribution in [0.5, 0.6) is 0 Å². The zero-order valence-electron chi connectivity index (χ0n) is 19.7. The summed E-state index contributed by atoms with van der Waals surface area (Å²) in [7, 11) is 0. The first-order chi connectivity index (χ1) is 16.7. The minimum atomic E-state index is -0.592. The van der Waals surface area contributed by atoms with Gasteiger partial charge in [0.1, 0.15) is 0 Å². The van der Waals surface area contributed by atoms with Crippen molar-refractivity contribution in [3.63, 3.8) is 0 Å². The van der Waals surface area contributed by atoms with Crippen LogP contribution in [-0.2, 0) is 22.6 Å². The summed E-state index contributed by atoms with van der Waals surface area (Å²) in [6.07, 6.45) is 17.3. The van der Waals surface area contributed by atoms with Crippen LogP contribution in [0.15, 0.2) is 78.9 Å². The number of benzene rings is 3. The van der Waals surface area contributed by atoms with Crippen LogP contribution in [0.4, 0.5) is 0 Å². The maximum atomic E-state index is 11.0. The van der Waals surface area contributed by atoms with Gasteiger partial charge in [0.25, 0.3) is 0 Å². The summed E-state index contributed by atoms with van der Waals surface area (Å²) in [6.45, 7) is 2.06. The van der Waals surface area contributed by atoms with Crippen molar-refractivity contribution in [1.82, 2.24) is 5.32 Å². The third-order valence-corrected chi connectivity index (χ3v) is 6.66. The van der Waals surface area contributed by atoms with Gasteiger partial charge in [0.15, 0.2) is 0 Å². The molecule has 0 bridgehead atoms. The van der Waals surface area contributed by atoms with Gasteiger partial charge >= 0.3 is 17.1 Å². The molecular weight excluding hydrogens is 470 g/mol. The van der Waals surface area contributed by atoms with Crippen molar-refractivity contribution >= 4 is 0 Å². The Bertz CT molecular complexity index is 1020. The Balaban J connectivity index is 0.000000431. The number of rotatable bonds is 5. The number of nitrogens with one attached hydrogen (secondary N) is 1. The molecule has 2 saturated carbocycles. The quantitative estimate of drug-likeness (QED) is 0.440. The summed E-state index contributed by atoms with van der Waals surface area (Å²) in [5, 5.41) is 14.9. The standard InChI is InChI=1S/C27H24NO.C5H5.Fe/c1-19(26(29)20-11-5-6-12-20)28-27(21-13-3-2-4-14-21)24-17-9-7-15-22(24)23-16-8-10-18-25(23)27;1-2-4-5-3-1;/h2-19,26,28-29H,1H3;1-5H;/q;;+2/t19-,26+;;/m0../s1. The molecule has 2 nitrogen and oxygen atoms in total. The van der Waals surface area contributed by atoms with Gasteiger partial charge < -0.3 is 5.11 Å². The minimum absolute atomic E-state index is 0. The van der Waals surface area contributed by atoms with Crippen molar-refractivity contribution < 1.29 is 22.2 Å². The first-order valence-corrected chi connectivity index (χ1v) is 11.8. The van der Waals surface area contributed by atoms with Crippen LogP contribution in [-0.4, -0.2) is 17.3 Å². The van der Waals surface area contributed by atoms with E-state index in [2.05, 4.69) is 85.0 Å². The molecule has 0 aromatic heterocycles. The molecule has 0 amide bonds. The topological polar surface area (TPSA) is 32.3 Å². The van der Waals surface area contributed by atoms with Crippen LogP contribution in [0.3, 0.4) is 0 Å². The molecule has 174 valence electrons. The molecule has 0 saturated heterocycles. The summed E-state index contributed by atoms with van der Waals surface area (Å²) in [4.78, 5) is 0. The molecule has 10 radical (unpaired) electrons. The van der Waals surface area contributed by atoms with Crippen LogP contribution in [0, 0.1) is 63.7 Å². The Morgan fingerprint density at radius 1 is 0.629 bits per heavy atom. The van der Waals surface area contributed by atoms with Gasteiger partial charge in [-0.3, -0.25) is 5.32 Å². The van der Waals surface area contributed by atoms with Crippen LogP contribution >= 0.6 is 0 Å². The molecule has 3 aromatic rings. The van der Waals surface area contributed by atoms with E-state index < -0.39 is 11.6 Å². The van der Waals surface area contributed by atoms with E-state index in [-0.39, 0.29) is 23.1 Å². The fourth-order valence-corrected chi connectivity index (χ4v) is 5.09. The molecule has 6 rings (SSSR count). The average Bonchev–Trinajstić information content (AvgIpc) is 3.68. The van der Waals surface area contributed by atoms with Crippen molar-refractivity contribution in [3.8, 4) is 11.1 Å². The first kappa shape index (κ1) is 26.2. The SMILES string of the molecule is C[C@H](NC1(c2ccccc2)c2ccccc2-c2ccccc21)[C@@H](O)[C]1[CH][CH][CH][CH]1.[CH]1[CH][CH][CH][CH]1.[Fe+2]. The van der Waals surface area contributed by atoms with Crippen molar-refractivity contribution in [1.29, 1.82) is 0 Å². The Hall–Kier alpha value is -1.90. The Morgan fingerprint density at radius 3 is 1.60 bits per heavy atom. The fraction of sp³-hybridized carbons (Fsp3) is 0.125. The maximum Gasteiger partial charge on any atom is 2.00 e. The van der Waals surface area contributed by atoms with Gasteiger partial charge in [0, 0.05) is 12.0 Å². The number of fused-ring (bicyclic) bond motifs is 3. The second-order valence-corrected chi connectivity index (χ2v) is 8.77. The Morgan fingerprint density at radius 2 is 1.09 bits per heavy atom. The van der Waals surface area contributed by atoms with E-state index >= 15 is 0 Å². The largest absolute Gasteiger partial charge is 2.00 e. The summed E-state index contributed by atoms with van der Waals surface area (Å²) < 4.78 is 0. The van der Waals surface area contributed by atoms with Gasteiger partial charge in [-0.2, -0.15) is 0 Å². The molecule has 0 unspecified atom stereocenters. The van der Waals surface area contributed by atoms with Crippen LogP contribution < -0.4 is 5.32 Å². The van der Waals surface area contributed by atoms with Crippen LogP contribution in [0.25, 0.3) is 11.1 Å². The zero-order chi connectivity index (χ0) is 23.4. The van der Waals surface area contributed by atoms with E-state index in [1.54, 1.807) is 0 Å². The summed E-state index contributed by atoms with van der Waals surface area (Å²) in [5.41, 5.74) is 5.62. The van der Waals surface area contributed by atoms with Crippen molar-refractivity contribution in [2.75, 3.05) is 0 Å². The van der Waals surface area contributed by atoms with Gasteiger partial charge in [-0.1, -0.05) is 78.9 Å². The second kappa shape index (κ2) is 11.9. The number of aliphatic hydroxyl groups excluding tert-OH is 1. The van der Waals surface area contributed by atoms with Crippen molar-refractivity contribution in [2.24, 2.45) is 0 Å². The second-order valence-electron chi connectivity index (χ2n) is 8.77. The molecule has 0 aliphatic heterocycles. The molecule has 0 heterocycles. The Labute approximate surface area is 222 Å². The van der Waals surface area contributed by atoms with E-state index in [1.807, 2.05) is 63.9 Å². The molecule has 35 heavy (non-hydrogen) atoms. The smallest absolute Gasteiger partial charge is 0.391 e. The van der Waals surface area contributed by atoms with Gasteiger partial charge in [-0.15, -0.1) is 0 Å². The minimum Gasteiger partial charge on any atom is -0.391 e. The fourth-order valence-electron chi connectivity index (χ4n) is 5.09. The van der Waals surface area contributed by atoms with E-state index in [1.165, 1.54) is 27.8 Å². The average molecular weight is 499 g/mol. The molecule has 2 N–H and O–H groups in total. The molecule has 3 heteroatoms. The third-order valence-electron chi connectivity index (χ3n) is 6.66. The van der Waals surface area contributed by atoms with Crippen molar-refractivity contribution in [2.45, 2.75) is 24.6 Å². The van der Waals surface area contributed by atoms with Gasteiger partial charge in [0.2, 0.25) is 0 Å². The predicted octanol–water partition coefficient (Wildman–Crippen LogP) is 5.72. The van der Waals surface area contributed by atoms with Gasteiger partial charge in [0.05, 0.1) is 11.6 Å². The molecule has 3 aliphatic rings. The summed E-state index contributed by atoms with van der Waals surface area (Å²) >= 11 is 0. The number of hydrogen-bond acceptors (Lipinski definition) is 2. The molecular formula is C32H29FeNO+2. The number of hydrogen-bond donors (Lipinski definition) is 2. The zero-order valence-corrected chi connectivity index (χ0v) is 20.8. The van der Waals surface area contributed by atoms with E-state index in [0.717, 1.165) is 5.92 Å². The number of aliphatic hydroxyl groups is 1. The normalized spacial score (nSPS) is 19.6. The van der Waals surface area contributed by atoms with Crippen LogP contribution in [0.1, 0.15) is 23.6 Å². The summed E-state index contributed by atoms with van der Waals surface area (Å²) in [6, 6.07) is 27.6. The molecule has 3 aliphatic carbocycles. The molecule has 0 spiro atoms. The molecule has 2 fully saturated rings.